The van der Waals surface area contributed by atoms with Crippen LogP contribution >= 0.6 is 0 Å². The lowest BCUT2D eigenvalue weighted by atomic mass is 9.33. The number of hydrogen-bond acceptors (Lipinski definition) is 4. The Kier molecular flexibility index (Phi) is 10.1. The third kappa shape index (κ3) is 7.43. The summed E-state index contributed by atoms with van der Waals surface area (Å²) in [5, 5.41) is 9.76. The van der Waals surface area contributed by atoms with E-state index in [1.807, 2.05) is 0 Å². The quantitative estimate of drug-likeness (QED) is 0.127. The average molecular weight is 963 g/mol. The van der Waals surface area contributed by atoms with Crippen LogP contribution in [0.4, 0.5) is 34.1 Å². The Morgan fingerprint density at radius 3 is 1.19 bits per heavy atom. The van der Waals surface area contributed by atoms with E-state index in [0.717, 1.165) is 50.8 Å². The zero-order valence-corrected chi connectivity index (χ0v) is 43.2. The molecule has 0 spiro atoms. The van der Waals surface area contributed by atoms with Crippen LogP contribution in [0.5, 0.6) is 0 Å². The fraction of sp³-hybridized carbons (Fsp3) is 0.114. The van der Waals surface area contributed by atoms with Gasteiger partial charge >= 0.3 is 0 Å². The van der Waals surface area contributed by atoms with E-state index in [1.54, 1.807) is 0 Å². The molecular formula is C70H55BN4. The van der Waals surface area contributed by atoms with E-state index in [0.29, 0.717) is 5.82 Å². The molecule has 1 aromatic heterocycles. The predicted octanol–water partition coefficient (Wildman–Crippen LogP) is 16.8. The fourth-order valence-corrected chi connectivity index (χ4v) is 12.0. The molecule has 0 saturated heterocycles. The van der Waals surface area contributed by atoms with Crippen molar-refractivity contribution in [1.82, 2.24) is 9.97 Å². The normalized spacial score (nSPS) is 13.1. The lowest BCUT2D eigenvalue weighted by Gasteiger charge is -2.45. The third-order valence-corrected chi connectivity index (χ3v) is 15.9. The van der Waals surface area contributed by atoms with Crippen molar-refractivity contribution in [3.63, 3.8) is 0 Å². The highest BCUT2D eigenvalue weighted by molar-refractivity contribution is 7.00. The standard InChI is InChI=1S/C70H55BN4/c1-69(2,3)53-27-31-55(32-28-53)74-63-41-52(62-43-61(44-17-9-7-10-18-44)72-68(73-62)45-19-11-8-12-20-45)42-64-65(63)71(59-35-25-50-37-46-21-13-15-23-48(46)39-57(50)66(59)74)60-36-26-51-38-47-22-14-16-24-49(47)40-58(51)67(60)75(64)56-33-29-54(30-34-56)70(4,5)6/h7-43H,1-6H3. The maximum Gasteiger partial charge on any atom is 0.252 e. The Morgan fingerprint density at radius 2 is 0.747 bits per heavy atom. The molecular weight excluding hydrogens is 908 g/mol. The number of hydrogen-bond donors (Lipinski definition) is 0. The molecule has 2 aliphatic heterocycles. The van der Waals surface area contributed by atoms with E-state index in [2.05, 4.69) is 276 Å². The molecule has 2 aliphatic rings. The Morgan fingerprint density at radius 1 is 0.347 bits per heavy atom. The summed E-state index contributed by atoms with van der Waals surface area (Å²) in [6.07, 6.45) is 0. The van der Waals surface area contributed by atoms with Crippen molar-refractivity contribution in [2.24, 2.45) is 0 Å². The molecule has 12 aromatic rings. The molecule has 3 heterocycles. The first-order chi connectivity index (χ1) is 36.4. The Hall–Kier alpha value is -8.80. The van der Waals surface area contributed by atoms with Crippen molar-refractivity contribution < 1.29 is 0 Å². The second-order valence-corrected chi connectivity index (χ2v) is 22.7. The van der Waals surface area contributed by atoms with Crippen LogP contribution in [-0.4, -0.2) is 16.7 Å². The molecule has 75 heavy (non-hydrogen) atoms. The summed E-state index contributed by atoms with van der Waals surface area (Å²) < 4.78 is 0. The van der Waals surface area contributed by atoms with E-state index in [1.165, 1.54) is 82.0 Å². The molecule has 0 saturated carbocycles. The molecule has 0 amide bonds. The van der Waals surface area contributed by atoms with Gasteiger partial charge in [0.1, 0.15) is 0 Å². The highest BCUT2D eigenvalue weighted by atomic mass is 15.2. The molecule has 358 valence electrons. The molecule has 0 fully saturated rings. The zero-order valence-electron chi connectivity index (χ0n) is 43.2. The third-order valence-electron chi connectivity index (χ3n) is 15.9. The number of rotatable bonds is 5. The average Bonchev–Trinajstić information content (AvgIpc) is 3.44. The van der Waals surface area contributed by atoms with Crippen LogP contribution in [0.1, 0.15) is 52.7 Å². The first-order valence-corrected chi connectivity index (χ1v) is 26.3. The molecule has 0 atom stereocenters. The van der Waals surface area contributed by atoms with Crippen molar-refractivity contribution in [3.8, 4) is 33.9 Å². The molecule has 0 unspecified atom stereocenters. The van der Waals surface area contributed by atoms with Gasteiger partial charge in [-0.1, -0.05) is 199 Å². The molecule has 0 N–H and O–H groups in total. The van der Waals surface area contributed by atoms with E-state index in [-0.39, 0.29) is 17.5 Å². The molecule has 0 radical (unpaired) electrons. The Balaban J connectivity index is 1.14. The van der Waals surface area contributed by atoms with Gasteiger partial charge in [0.15, 0.2) is 5.82 Å². The van der Waals surface area contributed by atoms with Crippen LogP contribution in [0.25, 0.3) is 77.0 Å². The number of benzene rings is 11. The van der Waals surface area contributed by atoms with Crippen molar-refractivity contribution in [2.75, 3.05) is 9.80 Å². The summed E-state index contributed by atoms with van der Waals surface area (Å²) in [7, 11) is 0. The maximum atomic E-state index is 5.54. The van der Waals surface area contributed by atoms with Gasteiger partial charge in [-0.3, -0.25) is 0 Å². The highest BCUT2D eigenvalue weighted by Crippen LogP contribution is 2.50. The maximum absolute atomic E-state index is 5.54. The van der Waals surface area contributed by atoms with Gasteiger partial charge in [-0.05, 0) is 137 Å². The summed E-state index contributed by atoms with van der Waals surface area (Å²) in [5.74, 6) is 0.687. The van der Waals surface area contributed by atoms with E-state index in [9.17, 15) is 0 Å². The van der Waals surface area contributed by atoms with Crippen LogP contribution in [0.15, 0.2) is 224 Å². The number of aromatic nitrogens is 2. The first kappa shape index (κ1) is 44.9. The van der Waals surface area contributed by atoms with Crippen molar-refractivity contribution in [3.05, 3.63) is 236 Å². The van der Waals surface area contributed by atoms with Crippen LogP contribution in [0.2, 0.25) is 0 Å². The van der Waals surface area contributed by atoms with Crippen LogP contribution in [0, 0.1) is 0 Å². The first-order valence-electron chi connectivity index (χ1n) is 26.3. The monoisotopic (exact) mass is 962 g/mol. The van der Waals surface area contributed by atoms with Gasteiger partial charge in [-0.15, -0.1) is 0 Å². The minimum absolute atomic E-state index is 0.0189. The minimum atomic E-state index is -0.110. The van der Waals surface area contributed by atoms with Crippen molar-refractivity contribution >= 4 is 100 Å². The van der Waals surface area contributed by atoms with Gasteiger partial charge < -0.3 is 9.80 Å². The number of nitrogens with zero attached hydrogens (tertiary/aromatic N) is 4. The van der Waals surface area contributed by atoms with Crippen LogP contribution in [-0.2, 0) is 10.8 Å². The molecule has 4 nitrogen and oxygen atoms in total. The van der Waals surface area contributed by atoms with Gasteiger partial charge in [-0.2, -0.15) is 0 Å². The Bertz CT molecular complexity index is 3980. The minimum Gasteiger partial charge on any atom is -0.311 e. The van der Waals surface area contributed by atoms with E-state index < -0.39 is 0 Å². The molecule has 11 aromatic carbocycles. The van der Waals surface area contributed by atoms with Gasteiger partial charge in [0, 0.05) is 61.6 Å². The summed E-state index contributed by atoms with van der Waals surface area (Å²) in [4.78, 5) is 16.0. The lowest BCUT2D eigenvalue weighted by molar-refractivity contribution is 0.590. The van der Waals surface area contributed by atoms with Gasteiger partial charge in [-0.25, -0.2) is 9.97 Å². The van der Waals surface area contributed by atoms with Crippen LogP contribution < -0.4 is 26.2 Å². The molecule has 0 bridgehead atoms. The molecule has 5 heteroatoms. The smallest absolute Gasteiger partial charge is 0.252 e. The van der Waals surface area contributed by atoms with Gasteiger partial charge in [0.25, 0.3) is 6.71 Å². The van der Waals surface area contributed by atoms with Gasteiger partial charge in [0.2, 0.25) is 0 Å². The summed E-state index contributed by atoms with van der Waals surface area (Å²) >= 11 is 0. The summed E-state index contributed by atoms with van der Waals surface area (Å²) in [5.41, 5.74) is 18.0. The SMILES string of the molecule is CC(C)(C)c1ccc(N2c3cc(-c4cc(-c5ccccc5)nc(-c5ccccc5)n4)cc4c3B(c3ccc5cc6ccccc6cc5c32)c2ccc3cc5ccccc5cc3c2N4c2ccc(C(C)(C)C)cc2)cc1. The molecule has 0 aliphatic carbocycles. The lowest BCUT2D eigenvalue weighted by Crippen LogP contribution is -2.61. The number of anilines is 6. The predicted molar refractivity (Wildman–Crippen MR) is 320 cm³/mol. The van der Waals surface area contributed by atoms with Crippen molar-refractivity contribution in [1.29, 1.82) is 0 Å². The summed E-state index contributed by atoms with van der Waals surface area (Å²) in [6, 6.07) is 83.4. The van der Waals surface area contributed by atoms with E-state index in [4.69, 9.17) is 9.97 Å². The van der Waals surface area contributed by atoms with Crippen LogP contribution in [0.3, 0.4) is 0 Å². The number of fused-ring (bicyclic) bond motifs is 10. The second-order valence-electron chi connectivity index (χ2n) is 22.7. The van der Waals surface area contributed by atoms with Crippen molar-refractivity contribution in [2.45, 2.75) is 52.4 Å². The largest absolute Gasteiger partial charge is 0.311 e. The fourth-order valence-electron chi connectivity index (χ4n) is 12.0. The second kappa shape index (κ2) is 16.9. The molecule has 14 rings (SSSR count). The van der Waals surface area contributed by atoms with Gasteiger partial charge in [0.05, 0.1) is 11.4 Å². The Labute approximate surface area is 439 Å². The zero-order chi connectivity index (χ0) is 50.7. The topological polar surface area (TPSA) is 32.3 Å². The summed E-state index contributed by atoms with van der Waals surface area (Å²) in [6.45, 7) is 13.7. The highest BCUT2D eigenvalue weighted by Gasteiger charge is 2.45. The van der Waals surface area contributed by atoms with E-state index >= 15 is 0 Å².